The van der Waals surface area contributed by atoms with Gasteiger partial charge in [0.1, 0.15) is 0 Å². The van der Waals surface area contributed by atoms with Gasteiger partial charge in [-0.05, 0) is 32.6 Å². The summed E-state index contributed by atoms with van der Waals surface area (Å²) in [5, 5.41) is 3.31. The number of piperidine rings is 1. The van der Waals surface area contributed by atoms with Gasteiger partial charge in [-0.15, -0.1) is 24.0 Å². The third-order valence-electron chi connectivity index (χ3n) is 3.62. The molecule has 0 aliphatic carbocycles. The van der Waals surface area contributed by atoms with Crippen molar-refractivity contribution in [3.05, 3.63) is 0 Å². The molecule has 1 heterocycles. The summed E-state index contributed by atoms with van der Waals surface area (Å²) in [6.07, 6.45) is 1.88. The Morgan fingerprint density at radius 3 is 2.75 bits per heavy atom. The van der Waals surface area contributed by atoms with E-state index < -0.39 is 0 Å². The van der Waals surface area contributed by atoms with Crippen molar-refractivity contribution in [2.45, 2.75) is 40.5 Å². The summed E-state index contributed by atoms with van der Waals surface area (Å²) in [6, 6.07) is 0. The lowest BCUT2D eigenvalue weighted by Gasteiger charge is -2.34. The average molecular weight is 455 g/mol. The summed E-state index contributed by atoms with van der Waals surface area (Å²) in [5.74, 6) is 1.27. The minimum atomic E-state index is -0.0895. The van der Waals surface area contributed by atoms with E-state index in [4.69, 9.17) is 9.47 Å². The summed E-state index contributed by atoms with van der Waals surface area (Å²) < 4.78 is 10.7. The monoisotopic (exact) mass is 455 g/mol. The number of guanidine groups is 1. The largest absolute Gasteiger partial charge is 0.466 e. The number of hydrogen-bond acceptors (Lipinski definition) is 4. The lowest BCUT2D eigenvalue weighted by Crippen LogP contribution is -2.48. The fourth-order valence-electron chi connectivity index (χ4n) is 2.58. The highest BCUT2D eigenvalue weighted by atomic mass is 127. The first-order valence-electron chi connectivity index (χ1n) is 8.86. The fourth-order valence-corrected chi connectivity index (χ4v) is 2.58. The Morgan fingerprint density at radius 1 is 1.38 bits per heavy atom. The van der Waals surface area contributed by atoms with Crippen molar-refractivity contribution in [2.24, 2.45) is 16.8 Å². The quantitative estimate of drug-likeness (QED) is 0.200. The summed E-state index contributed by atoms with van der Waals surface area (Å²) >= 11 is 0. The molecule has 0 spiro atoms. The Morgan fingerprint density at radius 2 is 2.12 bits per heavy atom. The zero-order valence-corrected chi connectivity index (χ0v) is 17.9. The van der Waals surface area contributed by atoms with Crippen LogP contribution in [0.15, 0.2) is 4.99 Å². The van der Waals surface area contributed by atoms with E-state index >= 15 is 0 Å². The molecule has 1 aliphatic rings. The van der Waals surface area contributed by atoms with Gasteiger partial charge in [0.15, 0.2) is 5.96 Å². The van der Waals surface area contributed by atoms with Crippen LogP contribution >= 0.6 is 24.0 Å². The Labute approximate surface area is 163 Å². The van der Waals surface area contributed by atoms with E-state index in [1.165, 1.54) is 0 Å². The molecule has 1 fully saturated rings. The van der Waals surface area contributed by atoms with Crippen molar-refractivity contribution in [3.63, 3.8) is 0 Å². The average Bonchev–Trinajstić information content (AvgIpc) is 2.53. The minimum Gasteiger partial charge on any atom is -0.466 e. The summed E-state index contributed by atoms with van der Waals surface area (Å²) in [6.45, 7) is 13.1. The van der Waals surface area contributed by atoms with Crippen LogP contribution in [0.25, 0.3) is 0 Å². The number of nitrogens with one attached hydrogen (secondary N) is 1. The van der Waals surface area contributed by atoms with E-state index in [2.05, 4.69) is 36.0 Å². The van der Waals surface area contributed by atoms with Crippen molar-refractivity contribution in [1.29, 1.82) is 0 Å². The van der Waals surface area contributed by atoms with Gasteiger partial charge in [-0.3, -0.25) is 9.79 Å². The molecule has 0 radical (unpaired) electrons. The highest BCUT2D eigenvalue weighted by Gasteiger charge is 2.28. The van der Waals surface area contributed by atoms with Gasteiger partial charge in [-0.25, -0.2) is 0 Å². The first kappa shape index (κ1) is 23.4. The van der Waals surface area contributed by atoms with Crippen LogP contribution in [-0.4, -0.2) is 62.8 Å². The Hall–Kier alpha value is -0.570. The second-order valence-corrected chi connectivity index (χ2v) is 6.24. The van der Waals surface area contributed by atoms with E-state index in [1.54, 1.807) is 0 Å². The standard InChI is InChI=1S/C17H33N3O3.HI/c1-5-18-17(19-9-11-22-13-14(3)4)20-10-7-8-15(12-20)16(21)23-6-2;/h14-15H,5-13H2,1-4H3,(H,18,19);1H/t15-;/m0./s1. The van der Waals surface area contributed by atoms with E-state index in [9.17, 15) is 4.79 Å². The van der Waals surface area contributed by atoms with E-state index in [-0.39, 0.29) is 35.9 Å². The number of esters is 1. The molecular formula is C17H34IN3O3. The molecule has 1 N–H and O–H groups in total. The molecule has 1 aliphatic heterocycles. The number of hydrogen-bond donors (Lipinski definition) is 1. The summed E-state index contributed by atoms with van der Waals surface area (Å²) in [7, 11) is 0. The van der Waals surface area contributed by atoms with Crippen molar-refractivity contribution in [3.8, 4) is 0 Å². The predicted octanol–water partition coefficient (Wildman–Crippen LogP) is 2.52. The number of carbonyl (C=O) groups excluding carboxylic acids is 1. The first-order chi connectivity index (χ1) is 11.1. The number of nitrogens with zero attached hydrogens (tertiary/aromatic N) is 2. The molecule has 142 valence electrons. The lowest BCUT2D eigenvalue weighted by atomic mass is 9.98. The number of rotatable bonds is 8. The molecule has 1 saturated heterocycles. The van der Waals surface area contributed by atoms with Crippen LogP contribution in [-0.2, 0) is 14.3 Å². The normalized spacial score (nSPS) is 18.3. The maximum Gasteiger partial charge on any atom is 0.310 e. The SMILES string of the molecule is CCNC(=NCCOCC(C)C)N1CCC[C@H](C(=O)OCC)C1.I. The van der Waals surface area contributed by atoms with E-state index in [0.717, 1.165) is 38.5 Å². The molecular weight excluding hydrogens is 421 g/mol. The number of ether oxygens (including phenoxy) is 2. The van der Waals surface area contributed by atoms with Crippen LogP contribution in [0.2, 0.25) is 0 Å². The molecule has 0 bridgehead atoms. The van der Waals surface area contributed by atoms with E-state index in [0.29, 0.717) is 32.2 Å². The van der Waals surface area contributed by atoms with E-state index in [1.807, 2.05) is 6.92 Å². The number of aliphatic imine (C=N–C) groups is 1. The van der Waals surface area contributed by atoms with Gasteiger partial charge in [0.05, 0.1) is 25.7 Å². The highest BCUT2D eigenvalue weighted by Crippen LogP contribution is 2.18. The lowest BCUT2D eigenvalue weighted by molar-refractivity contribution is -0.149. The Kier molecular flexibility index (Phi) is 13.4. The molecule has 1 rings (SSSR count). The van der Waals surface area contributed by atoms with Gasteiger partial charge < -0.3 is 19.7 Å². The molecule has 24 heavy (non-hydrogen) atoms. The van der Waals surface area contributed by atoms with Crippen molar-refractivity contribution < 1.29 is 14.3 Å². The van der Waals surface area contributed by atoms with Gasteiger partial charge in [0.25, 0.3) is 0 Å². The first-order valence-corrected chi connectivity index (χ1v) is 8.86. The molecule has 0 aromatic heterocycles. The number of likely N-dealkylation sites (tertiary alicyclic amines) is 1. The van der Waals surface area contributed by atoms with Gasteiger partial charge in [0.2, 0.25) is 0 Å². The minimum absolute atomic E-state index is 0. The van der Waals surface area contributed by atoms with Crippen LogP contribution < -0.4 is 5.32 Å². The number of halogens is 1. The van der Waals surface area contributed by atoms with Gasteiger partial charge in [0, 0.05) is 26.2 Å². The van der Waals surface area contributed by atoms with Crippen molar-refractivity contribution >= 4 is 35.9 Å². The molecule has 0 unspecified atom stereocenters. The predicted molar refractivity (Wildman–Crippen MR) is 108 cm³/mol. The summed E-state index contributed by atoms with van der Waals surface area (Å²) in [4.78, 5) is 18.7. The molecule has 0 saturated carbocycles. The zero-order chi connectivity index (χ0) is 17.1. The number of carbonyl (C=O) groups is 1. The van der Waals surface area contributed by atoms with Gasteiger partial charge in [-0.1, -0.05) is 13.8 Å². The second-order valence-electron chi connectivity index (χ2n) is 6.24. The Bertz CT molecular complexity index is 378. The smallest absolute Gasteiger partial charge is 0.310 e. The van der Waals surface area contributed by atoms with Crippen LogP contribution in [0.4, 0.5) is 0 Å². The zero-order valence-electron chi connectivity index (χ0n) is 15.5. The van der Waals surface area contributed by atoms with Crippen LogP contribution in [0.5, 0.6) is 0 Å². The van der Waals surface area contributed by atoms with Gasteiger partial charge >= 0.3 is 5.97 Å². The van der Waals surface area contributed by atoms with Crippen molar-refractivity contribution in [2.75, 3.05) is 46.0 Å². The molecule has 7 heteroatoms. The fraction of sp³-hybridized carbons (Fsp3) is 0.882. The maximum absolute atomic E-state index is 12.0. The van der Waals surface area contributed by atoms with Crippen LogP contribution in [0.3, 0.4) is 0 Å². The molecule has 6 nitrogen and oxygen atoms in total. The summed E-state index contributed by atoms with van der Waals surface area (Å²) in [5.41, 5.74) is 0. The van der Waals surface area contributed by atoms with Crippen molar-refractivity contribution in [1.82, 2.24) is 10.2 Å². The molecule has 0 aromatic carbocycles. The maximum atomic E-state index is 12.0. The van der Waals surface area contributed by atoms with Gasteiger partial charge in [-0.2, -0.15) is 0 Å². The third kappa shape index (κ3) is 9.05. The second kappa shape index (κ2) is 13.7. The highest BCUT2D eigenvalue weighted by molar-refractivity contribution is 14.0. The molecule has 0 aromatic rings. The third-order valence-corrected chi connectivity index (χ3v) is 3.62. The van der Waals surface area contributed by atoms with Crippen LogP contribution in [0, 0.1) is 11.8 Å². The molecule has 0 amide bonds. The molecule has 1 atom stereocenters. The Balaban J connectivity index is 0.00000529. The topological polar surface area (TPSA) is 63.2 Å². The van der Waals surface area contributed by atoms with Crippen LogP contribution in [0.1, 0.15) is 40.5 Å².